The van der Waals surface area contributed by atoms with Gasteiger partial charge in [-0.15, -0.1) is 0 Å². The molecule has 0 aromatic heterocycles. The van der Waals surface area contributed by atoms with E-state index in [2.05, 4.69) is 15.0 Å². The van der Waals surface area contributed by atoms with E-state index < -0.39 is 6.09 Å². The highest BCUT2D eigenvalue weighted by Crippen LogP contribution is 2.00. The van der Waals surface area contributed by atoms with Crippen LogP contribution in [0.25, 0.3) is 0 Å². The summed E-state index contributed by atoms with van der Waals surface area (Å²) in [5, 5.41) is 11.7. The second-order valence-electron chi connectivity index (χ2n) is 3.76. The number of nitrogens with zero attached hydrogens (tertiary/aromatic N) is 1. The van der Waals surface area contributed by atoms with Gasteiger partial charge in [0.25, 0.3) is 0 Å². The first-order chi connectivity index (χ1) is 7.76. The molecule has 0 aromatic rings. The lowest BCUT2D eigenvalue weighted by atomic mass is 10.2. The number of aliphatic hydroxyl groups excluding tert-OH is 1. The topological polar surface area (TPSA) is 71.0 Å². The van der Waals surface area contributed by atoms with Crippen LogP contribution in [0, 0.1) is 0 Å². The normalized spacial score (nSPS) is 19.1. The number of morpholine rings is 1. The van der Waals surface area contributed by atoms with E-state index in [4.69, 9.17) is 9.84 Å². The number of aliphatic hydroxyl groups is 1. The number of hydrogen-bond donors (Lipinski definition) is 2. The smallest absolute Gasteiger partial charge is 0.407 e. The van der Waals surface area contributed by atoms with Crippen LogP contribution in [-0.2, 0) is 9.47 Å². The van der Waals surface area contributed by atoms with Crippen LogP contribution < -0.4 is 5.32 Å². The van der Waals surface area contributed by atoms with Crippen LogP contribution in [0.15, 0.2) is 0 Å². The average molecular weight is 232 g/mol. The van der Waals surface area contributed by atoms with E-state index in [1.807, 2.05) is 0 Å². The van der Waals surface area contributed by atoms with E-state index in [1.54, 1.807) is 0 Å². The van der Waals surface area contributed by atoms with E-state index in [-0.39, 0.29) is 12.6 Å². The first kappa shape index (κ1) is 13.2. The fourth-order valence-electron chi connectivity index (χ4n) is 1.60. The Labute approximate surface area is 95.5 Å². The highest BCUT2D eigenvalue weighted by Gasteiger charge is 2.15. The molecule has 0 bridgehead atoms. The summed E-state index contributed by atoms with van der Waals surface area (Å²) in [5.74, 6) is 0. The molecule has 6 heteroatoms. The predicted molar refractivity (Wildman–Crippen MR) is 58.3 cm³/mol. The quantitative estimate of drug-likeness (QED) is 0.664. The predicted octanol–water partition coefficient (Wildman–Crippen LogP) is -0.574. The number of carbonyl (C=O) groups excluding carboxylic acids is 1. The third-order valence-corrected chi connectivity index (χ3v) is 2.63. The molecule has 6 nitrogen and oxygen atoms in total. The standard InChI is InChI=1S/C10H20N2O4/c1-15-10(14)11-9(8-13)2-3-12-4-6-16-7-5-12/h9,13H,2-8H2,1H3,(H,11,14)/t9-/m0/s1. The Balaban J connectivity index is 2.19. The van der Waals surface area contributed by atoms with Gasteiger partial charge in [-0.05, 0) is 6.42 Å². The number of amides is 1. The van der Waals surface area contributed by atoms with Gasteiger partial charge in [-0.25, -0.2) is 4.79 Å². The Morgan fingerprint density at radius 1 is 1.56 bits per heavy atom. The monoisotopic (exact) mass is 232 g/mol. The van der Waals surface area contributed by atoms with Gasteiger partial charge in [0.2, 0.25) is 0 Å². The number of ether oxygens (including phenoxy) is 2. The van der Waals surface area contributed by atoms with Crippen molar-refractivity contribution in [2.45, 2.75) is 12.5 Å². The summed E-state index contributed by atoms with van der Waals surface area (Å²) in [5.41, 5.74) is 0. The lowest BCUT2D eigenvalue weighted by Crippen LogP contribution is -2.42. The van der Waals surface area contributed by atoms with Gasteiger partial charge < -0.3 is 19.9 Å². The molecule has 1 atom stereocenters. The van der Waals surface area contributed by atoms with Gasteiger partial charge in [-0.3, -0.25) is 4.90 Å². The van der Waals surface area contributed by atoms with Gasteiger partial charge in [0, 0.05) is 19.6 Å². The first-order valence-electron chi connectivity index (χ1n) is 5.51. The molecular weight excluding hydrogens is 212 g/mol. The maximum atomic E-state index is 11.0. The number of alkyl carbamates (subject to hydrolysis) is 1. The third-order valence-electron chi connectivity index (χ3n) is 2.63. The molecule has 1 aliphatic rings. The van der Waals surface area contributed by atoms with Crippen LogP contribution >= 0.6 is 0 Å². The molecule has 1 fully saturated rings. The number of rotatable bonds is 5. The van der Waals surface area contributed by atoms with Gasteiger partial charge in [0.05, 0.1) is 33.0 Å². The first-order valence-corrected chi connectivity index (χ1v) is 5.51. The largest absolute Gasteiger partial charge is 0.453 e. The highest BCUT2D eigenvalue weighted by atomic mass is 16.5. The minimum atomic E-state index is -0.499. The number of hydrogen-bond acceptors (Lipinski definition) is 5. The molecule has 1 heterocycles. The molecule has 0 aliphatic carbocycles. The summed E-state index contributed by atoms with van der Waals surface area (Å²) in [6, 6.07) is -0.240. The van der Waals surface area contributed by atoms with Crippen LogP contribution in [0.3, 0.4) is 0 Å². The molecule has 2 N–H and O–H groups in total. The van der Waals surface area contributed by atoms with Crippen molar-refractivity contribution in [1.82, 2.24) is 10.2 Å². The van der Waals surface area contributed by atoms with Crippen molar-refractivity contribution < 1.29 is 19.4 Å². The van der Waals surface area contributed by atoms with E-state index in [0.29, 0.717) is 6.42 Å². The molecule has 0 aromatic carbocycles. The van der Waals surface area contributed by atoms with E-state index in [9.17, 15) is 4.79 Å². The Hall–Kier alpha value is -0.850. The summed E-state index contributed by atoms with van der Waals surface area (Å²) >= 11 is 0. The van der Waals surface area contributed by atoms with Gasteiger partial charge in [0.1, 0.15) is 0 Å². The van der Waals surface area contributed by atoms with Gasteiger partial charge >= 0.3 is 6.09 Å². The summed E-state index contributed by atoms with van der Waals surface area (Å²) < 4.78 is 9.71. The molecular formula is C10H20N2O4. The van der Waals surface area contributed by atoms with Crippen molar-refractivity contribution in [2.24, 2.45) is 0 Å². The minimum absolute atomic E-state index is 0.0700. The molecule has 1 amide bonds. The summed E-state index contributed by atoms with van der Waals surface area (Å²) in [4.78, 5) is 13.2. The maximum Gasteiger partial charge on any atom is 0.407 e. The SMILES string of the molecule is COC(=O)N[C@H](CO)CCN1CCOCC1. The van der Waals surface area contributed by atoms with Gasteiger partial charge in [-0.2, -0.15) is 0 Å². The molecule has 0 unspecified atom stereocenters. The molecule has 0 radical (unpaired) electrons. The lowest BCUT2D eigenvalue weighted by Gasteiger charge is -2.28. The summed E-state index contributed by atoms with van der Waals surface area (Å²) in [6.45, 7) is 4.12. The van der Waals surface area contributed by atoms with Gasteiger partial charge in [0.15, 0.2) is 0 Å². The van der Waals surface area contributed by atoms with Crippen LogP contribution in [0.4, 0.5) is 4.79 Å². The van der Waals surface area contributed by atoms with Crippen LogP contribution in [0.5, 0.6) is 0 Å². The van der Waals surface area contributed by atoms with Crippen LogP contribution in [-0.4, -0.2) is 68.7 Å². The third kappa shape index (κ3) is 4.78. The van der Waals surface area contributed by atoms with Crippen LogP contribution in [0.2, 0.25) is 0 Å². The zero-order valence-corrected chi connectivity index (χ0v) is 9.65. The fraction of sp³-hybridized carbons (Fsp3) is 0.900. The Bertz CT molecular complexity index is 207. The van der Waals surface area contributed by atoms with E-state index in [0.717, 1.165) is 32.8 Å². The summed E-state index contributed by atoms with van der Waals surface area (Å²) in [6.07, 6.45) is 0.215. The van der Waals surface area contributed by atoms with Crippen molar-refractivity contribution >= 4 is 6.09 Å². The zero-order valence-electron chi connectivity index (χ0n) is 9.65. The molecule has 1 aliphatic heterocycles. The highest BCUT2D eigenvalue weighted by molar-refractivity contribution is 5.67. The van der Waals surface area contributed by atoms with Crippen molar-refractivity contribution in [3.8, 4) is 0 Å². The van der Waals surface area contributed by atoms with E-state index in [1.165, 1.54) is 7.11 Å². The van der Waals surface area contributed by atoms with Crippen LogP contribution in [0.1, 0.15) is 6.42 Å². The van der Waals surface area contributed by atoms with Gasteiger partial charge in [-0.1, -0.05) is 0 Å². The molecule has 0 saturated carbocycles. The molecule has 0 spiro atoms. The Kier molecular flexibility index (Phi) is 6.14. The lowest BCUT2D eigenvalue weighted by molar-refractivity contribution is 0.0351. The Morgan fingerprint density at radius 2 is 2.25 bits per heavy atom. The van der Waals surface area contributed by atoms with Crippen molar-refractivity contribution in [2.75, 3.05) is 46.6 Å². The maximum absolute atomic E-state index is 11.0. The van der Waals surface area contributed by atoms with Crippen molar-refractivity contribution in [3.63, 3.8) is 0 Å². The van der Waals surface area contributed by atoms with Crippen molar-refractivity contribution in [1.29, 1.82) is 0 Å². The Morgan fingerprint density at radius 3 is 2.81 bits per heavy atom. The van der Waals surface area contributed by atoms with Crippen molar-refractivity contribution in [3.05, 3.63) is 0 Å². The second-order valence-corrected chi connectivity index (χ2v) is 3.76. The molecule has 1 rings (SSSR count). The second kappa shape index (κ2) is 7.43. The number of nitrogens with one attached hydrogen (secondary N) is 1. The molecule has 16 heavy (non-hydrogen) atoms. The van der Waals surface area contributed by atoms with E-state index >= 15 is 0 Å². The molecule has 94 valence electrons. The molecule has 1 saturated heterocycles. The fourth-order valence-corrected chi connectivity index (χ4v) is 1.60. The number of methoxy groups -OCH3 is 1. The number of carbonyl (C=O) groups is 1. The minimum Gasteiger partial charge on any atom is -0.453 e. The zero-order chi connectivity index (χ0) is 11.8. The summed E-state index contributed by atoms with van der Waals surface area (Å²) in [7, 11) is 1.31. The average Bonchev–Trinajstić information content (AvgIpc) is 2.35.